The molecule has 140 valence electrons. The van der Waals surface area contributed by atoms with Gasteiger partial charge in [-0.05, 0) is 19.4 Å². The van der Waals surface area contributed by atoms with Gasteiger partial charge in [0.1, 0.15) is 10.8 Å². The highest BCUT2D eigenvalue weighted by molar-refractivity contribution is 7.91. The van der Waals surface area contributed by atoms with Crippen molar-refractivity contribution in [1.29, 1.82) is 0 Å². The molecule has 1 atom stereocenters. The Hall–Kier alpha value is -1.49. The number of carbonyl (C=O) groups excluding carboxylic acids is 1. The SMILES string of the molecule is CCC(C)OCC(=O)N1CCN(S(=O)(=O)c2cc(C(=O)O)cs2)CC1. The van der Waals surface area contributed by atoms with Crippen molar-refractivity contribution in [3.8, 4) is 0 Å². The van der Waals surface area contributed by atoms with Crippen LogP contribution in [0.1, 0.15) is 30.6 Å². The number of thiophene rings is 1. The summed E-state index contributed by atoms with van der Waals surface area (Å²) in [4.78, 5) is 24.6. The van der Waals surface area contributed by atoms with Crippen molar-refractivity contribution in [3.05, 3.63) is 17.0 Å². The van der Waals surface area contributed by atoms with Crippen LogP contribution in [0, 0.1) is 0 Å². The standard InChI is InChI=1S/C15H22N2O6S2/c1-3-11(2)23-9-13(18)16-4-6-17(7-5-16)25(21,22)14-8-12(10-24-14)15(19)20/h8,10-11H,3-7,9H2,1-2H3,(H,19,20). The van der Waals surface area contributed by atoms with Crippen LogP contribution in [0.15, 0.2) is 15.7 Å². The fourth-order valence-electron chi connectivity index (χ4n) is 2.29. The summed E-state index contributed by atoms with van der Waals surface area (Å²) >= 11 is 0.888. The molecule has 1 aliphatic rings. The number of carboxylic acids is 1. The summed E-state index contributed by atoms with van der Waals surface area (Å²) in [5, 5.41) is 10.2. The molecule has 0 bridgehead atoms. The van der Waals surface area contributed by atoms with Crippen molar-refractivity contribution in [1.82, 2.24) is 9.21 Å². The first-order chi connectivity index (χ1) is 11.8. The van der Waals surface area contributed by atoms with Crippen molar-refractivity contribution < 1.29 is 27.9 Å². The number of aromatic carboxylic acids is 1. The normalized spacial score (nSPS) is 17.4. The van der Waals surface area contributed by atoms with Crippen LogP contribution in [0.4, 0.5) is 0 Å². The second kappa shape index (κ2) is 8.26. The number of carbonyl (C=O) groups is 2. The van der Waals surface area contributed by atoms with Crippen LogP contribution in [0.3, 0.4) is 0 Å². The molecule has 0 spiro atoms. The van der Waals surface area contributed by atoms with E-state index in [4.69, 9.17) is 9.84 Å². The first kappa shape index (κ1) is 19.8. The van der Waals surface area contributed by atoms with Gasteiger partial charge in [-0.15, -0.1) is 11.3 Å². The largest absolute Gasteiger partial charge is 0.478 e. The number of hydrogen-bond donors (Lipinski definition) is 1. The molecule has 1 amide bonds. The van der Waals surface area contributed by atoms with Gasteiger partial charge in [0, 0.05) is 31.6 Å². The molecule has 1 fully saturated rings. The van der Waals surface area contributed by atoms with Gasteiger partial charge in [-0.1, -0.05) is 6.92 Å². The van der Waals surface area contributed by atoms with Crippen LogP contribution in [-0.2, 0) is 19.6 Å². The minimum absolute atomic E-state index is 0.00443. The van der Waals surface area contributed by atoms with Gasteiger partial charge < -0.3 is 14.7 Å². The van der Waals surface area contributed by atoms with Crippen LogP contribution in [0.2, 0.25) is 0 Å². The predicted molar refractivity (Wildman–Crippen MR) is 92.3 cm³/mol. The summed E-state index contributed by atoms with van der Waals surface area (Å²) in [5.74, 6) is -1.31. The highest BCUT2D eigenvalue weighted by atomic mass is 32.2. The highest BCUT2D eigenvalue weighted by Crippen LogP contribution is 2.25. The number of carboxylic acid groups (broad SMARTS) is 1. The number of rotatable bonds is 7. The Labute approximate surface area is 151 Å². The molecule has 8 nitrogen and oxygen atoms in total. The fraction of sp³-hybridized carbons (Fsp3) is 0.600. The van der Waals surface area contributed by atoms with Gasteiger partial charge in [-0.3, -0.25) is 4.79 Å². The number of sulfonamides is 1. The molecular weight excluding hydrogens is 368 g/mol. The second-order valence-electron chi connectivity index (χ2n) is 5.77. The lowest BCUT2D eigenvalue weighted by atomic mass is 10.3. The van der Waals surface area contributed by atoms with Gasteiger partial charge in [0.25, 0.3) is 10.0 Å². The first-order valence-electron chi connectivity index (χ1n) is 7.97. The van der Waals surface area contributed by atoms with Crippen LogP contribution in [0.25, 0.3) is 0 Å². The topological polar surface area (TPSA) is 104 Å². The van der Waals surface area contributed by atoms with Crippen LogP contribution in [-0.4, -0.2) is 73.5 Å². The maximum absolute atomic E-state index is 12.6. The van der Waals surface area contributed by atoms with Crippen LogP contribution >= 0.6 is 11.3 Å². The molecule has 1 saturated heterocycles. The molecule has 10 heteroatoms. The third-order valence-corrected chi connectivity index (χ3v) is 7.39. The third kappa shape index (κ3) is 4.78. The Bertz CT molecular complexity index is 722. The Morgan fingerprint density at radius 2 is 1.96 bits per heavy atom. The van der Waals surface area contributed by atoms with Gasteiger partial charge >= 0.3 is 5.97 Å². The molecule has 2 heterocycles. The van der Waals surface area contributed by atoms with E-state index < -0.39 is 16.0 Å². The zero-order valence-corrected chi connectivity index (χ0v) is 15.8. The van der Waals surface area contributed by atoms with Crippen molar-refractivity contribution in [2.75, 3.05) is 32.8 Å². The van der Waals surface area contributed by atoms with E-state index in [1.54, 1.807) is 4.90 Å². The molecule has 25 heavy (non-hydrogen) atoms. The lowest BCUT2D eigenvalue weighted by Crippen LogP contribution is -2.51. The zero-order chi connectivity index (χ0) is 18.6. The Kier molecular flexibility index (Phi) is 6.55. The Morgan fingerprint density at radius 1 is 1.32 bits per heavy atom. The molecule has 0 aliphatic carbocycles. The van der Waals surface area contributed by atoms with E-state index in [1.165, 1.54) is 15.8 Å². The van der Waals surface area contributed by atoms with E-state index in [2.05, 4.69) is 0 Å². The lowest BCUT2D eigenvalue weighted by molar-refractivity contribution is -0.139. The van der Waals surface area contributed by atoms with Crippen molar-refractivity contribution in [3.63, 3.8) is 0 Å². The Morgan fingerprint density at radius 3 is 2.48 bits per heavy atom. The third-order valence-electron chi connectivity index (χ3n) is 4.07. The lowest BCUT2D eigenvalue weighted by Gasteiger charge is -2.33. The minimum Gasteiger partial charge on any atom is -0.478 e. The van der Waals surface area contributed by atoms with E-state index in [1.807, 2.05) is 13.8 Å². The van der Waals surface area contributed by atoms with E-state index in [0.29, 0.717) is 13.1 Å². The van der Waals surface area contributed by atoms with Crippen LogP contribution in [0.5, 0.6) is 0 Å². The van der Waals surface area contributed by atoms with Gasteiger partial charge in [-0.2, -0.15) is 4.31 Å². The molecule has 1 unspecified atom stereocenters. The molecule has 1 N–H and O–H groups in total. The number of ether oxygens (including phenoxy) is 1. The molecule has 1 aromatic heterocycles. The zero-order valence-electron chi connectivity index (χ0n) is 14.2. The summed E-state index contributed by atoms with van der Waals surface area (Å²) in [5.41, 5.74) is -0.0421. The number of piperazine rings is 1. The monoisotopic (exact) mass is 390 g/mol. The van der Waals surface area contributed by atoms with Gasteiger partial charge in [0.05, 0.1) is 11.7 Å². The molecule has 1 aliphatic heterocycles. The molecule has 0 aromatic carbocycles. The molecule has 0 radical (unpaired) electrons. The molecule has 2 rings (SSSR count). The fourth-order valence-corrected chi connectivity index (χ4v) is 5.02. The highest BCUT2D eigenvalue weighted by Gasteiger charge is 2.31. The van der Waals surface area contributed by atoms with Gasteiger partial charge in [-0.25, -0.2) is 13.2 Å². The van der Waals surface area contributed by atoms with E-state index in [9.17, 15) is 18.0 Å². The smallest absolute Gasteiger partial charge is 0.336 e. The maximum Gasteiger partial charge on any atom is 0.336 e. The Balaban J connectivity index is 1.94. The average molecular weight is 390 g/mol. The van der Waals surface area contributed by atoms with Crippen molar-refractivity contribution in [2.24, 2.45) is 0 Å². The number of amides is 1. The van der Waals surface area contributed by atoms with E-state index >= 15 is 0 Å². The van der Waals surface area contributed by atoms with Gasteiger partial charge in [0.15, 0.2) is 0 Å². The average Bonchev–Trinajstić information content (AvgIpc) is 3.10. The molecule has 1 aromatic rings. The number of hydrogen-bond acceptors (Lipinski definition) is 6. The van der Waals surface area contributed by atoms with Crippen molar-refractivity contribution in [2.45, 2.75) is 30.6 Å². The van der Waals surface area contributed by atoms with Gasteiger partial charge in [0.2, 0.25) is 5.91 Å². The van der Waals surface area contributed by atoms with Crippen LogP contribution < -0.4 is 0 Å². The summed E-state index contributed by atoms with van der Waals surface area (Å²) in [6, 6.07) is 1.17. The first-order valence-corrected chi connectivity index (χ1v) is 10.3. The maximum atomic E-state index is 12.6. The second-order valence-corrected chi connectivity index (χ2v) is 8.85. The summed E-state index contributed by atoms with van der Waals surface area (Å²) < 4.78 is 31.8. The summed E-state index contributed by atoms with van der Waals surface area (Å²) in [7, 11) is -3.73. The predicted octanol–water partition coefficient (Wildman–Crippen LogP) is 1.09. The molecular formula is C15H22N2O6S2. The quantitative estimate of drug-likeness (QED) is 0.747. The minimum atomic E-state index is -3.73. The summed E-state index contributed by atoms with van der Waals surface area (Å²) in [6.45, 7) is 4.80. The number of nitrogens with zero attached hydrogens (tertiary/aromatic N) is 2. The molecule has 0 saturated carbocycles. The van der Waals surface area contributed by atoms with E-state index in [-0.39, 0.29) is 41.5 Å². The van der Waals surface area contributed by atoms with Crippen molar-refractivity contribution >= 4 is 33.2 Å². The van der Waals surface area contributed by atoms with E-state index in [0.717, 1.165) is 17.8 Å². The summed E-state index contributed by atoms with van der Waals surface area (Å²) in [6.07, 6.45) is 0.825.